The molecule has 2 N–H and O–H groups in total. The molecule has 1 amide bonds. The highest BCUT2D eigenvalue weighted by Gasteiger charge is 2.15. The third-order valence-corrected chi connectivity index (χ3v) is 7.53. The Kier molecular flexibility index (Phi) is 7.48. The first kappa shape index (κ1) is 23.8. The van der Waals surface area contributed by atoms with E-state index in [9.17, 15) is 13.2 Å². The van der Waals surface area contributed by atoms with Crippen LogP contribution in [0.25, 0.3) is 11.1 Å². The molecule has 6 heteroatoms. The highest BCUT2D eigenvalue weighted by atomic mass is 32.2. The smallest absolute Gasteiger partial charge is 0.261 e. The van der Waals surface area contributed by atoms with Crippen molar-refractivity contribution in [1.29, 1.82) is 0 Å². The SMILES string of the molecule is Cc1ccccc1-c1ccc(S(=O)(=O)Nc2ccc(C(=O)NCCC3=CCCCC3)cc2)cc1. The number of amides is 1. The quantitative estimate of drug-likeness (QED) is 0.388. The fourth-order valence-corrected chi connectivity index (χ4v) is 5.24. The van der Waals surface area contributed by atoms with Gasteiger partial charge in [-0.3, -0.25) is 9.52 Å². The van der Waals surface area contributed by atoms with E-state index < -0.39 is 10.0 Å². The van der Waals surface area contributed by atoms with Gasteiger partial charge in [0, 0.05) is 17.8 Å². The van der Waals surface area contributed by atoms with Gasteiger partial charge in [-0.2, -0.15) is 0 Å². The van der Waals surface area contributed by atoms with Gasteiger partial charge in [-0.1, -0.05) is 48.0 Å². The van der Waals surface area contributed by atoms with Gasteiger partial charge in [-0.25, -0.2) is 8.42 Å². The van der Waals surface area contributed by atoms with Gasteiger partial charge in [-0.15, -0.1) is 0 Å². The van der Waals surface area contributed by atoms with Crippen molar-refractivity contribution < 1.29 is 13.2 Å². The van der Waals surface area contributed by atoms with Crippen molar-refractivity contribution in [1.82, 2.24) is 5.32 Å². The zero-order valence-corrected chi connectivity index (χ0v) is 20.2. The maximum atomic E-state index is 12.8. The number of benzene rings is 3. The Bertz CT molecular complexity index is 1280. The van der Waals surface area contributed by atoms with Crippen molar-refractivity contribution in [3.8, 4) is 11.1 Å². The molecule has 1 aliphatic carbocycles. The standard InChI is InChI=1S/C28H30N2O3S/c1-21-7-5-6-10-27(21)23-13-17-26(18-14-23)34(32,33)30-25-15-11-24(12-16-25)28(31)29-20-19-22-8-3-2-4-9-22/h5-8,10-18,30H,2-4,9,19-20H2,1H3,(H,29,31). The number of nitrogens with one attached hydrogen (secondary N) is 2. The van der Waals surface area contributed by atoms with Gasteiger partial charge in [0.15, 0.2) is 0 Å². The van der Waals surface area contributed by atoms with E-state index >= 15 is 0 Å². The van der Waals surface area contributed by atoms with Crippen LogP contribution in [0.4, 0.5) is 5.69 Å². The number of sulfonamides is 1. The van der Waals surface area contributed by atoms with Crippen molar-refractivity contribution >= 4 is 21.6 Å². The summed E-state index contributed by atoms with van der Waals surface area (Å²) >= 11 is 0. The Morgan fingerprint density at radius 1 is 0.912 bits per heavy atom. The lowest BCUT2D eigenvalue weighted by molar-refractivity contribution is 0.0954. The third-order valence-electron chi connectivity index (χ3n) is 6.14. The summed E-state index contributed by atoms with van der Waals surface area (Å²) < 4.78 is 28.3. The van der Waals surface area contributed by atoms with Crippen LogP contribution in [0.3, 0.4) is 0 Å². The minimum absolute atomic E-state index is 0.155. The number of hydrogen-bond acceptors (Lipinski definition) is 3. The van der Waals surface area contributed by atoms with Gasteiger partial charge in [0.2, 0.25) is 0 Å². The van der Waals surface area contributed by atoms with E-state index in [4.69, 9.17) is 0 Å². The molecule has 34 heavy (non-hydrogen) atoms. The lowest BCUT2D eigenvalue weighted by atomic mass is 9.97. The van der Waals surface area contributed by atoms with Crippen LogP contribution < -0.4 is 10.0 Å². The average molecular weight is 475 g/mol. The third kappa shape index (κ3) is 5.94. The topological polar surface area (TPSA) is 75.3 Å². The van der Waals surface area contributed by atoms with Crippen LogP contribution >= 0.6 is 0 Å². The molecule has 0 atom stereocenters. The Balaban J connectivity index is 1.36. The molecule has 0 saturated carbocycles. The summed E-state index contributed by atoms with van der Waals surface area (Å²) in [4.78, 5) is 12.6. The summed E-state index contributed by atoms with van der Waals surface area (Å²) in [5, 5.41) is 2.94. The van der Waals surface area contributed by atoms with Crippen LogP contribution in [-0.4, -0.2) is 20.9 Å². The highest BCUT2D eigenvalue weighted by Crippen LogP contribution is 2.25. The van der Waals surface area contributed by atoms with Crippen LogP contribution in [0.15, 0.2) is 89.3 Å². The summed E-state index contributed by atoms with van der Waals surface area (Å²) in [5.74, 6) is -0.155. The molecule has 0 fully saturated rings. The second kappa shape index (κ2) is 10.7. The fourth-order valence-electron chi connectivity index (χ4n) is 4.18. The molecule has 0 spiro atoms. The Labute approximate surface area is 202 Å². The number of aryl methyl sites for hydroxylation is 1. The maximum absolute atomic E-state index is 12.8. The average Bonchev–Trinajstić information content (AvgIpc) is 2.85. The maximum Gasteiger partial charge on any atom is 0.261 e. The van der Waals surface area contributed by atoms with Crippen LogP contribution in [0.2, 0.25) is 0 Å². The summed E-state index contributed by atoms with van der Waals surface area (Å²) in [6, 6.07) is 21.3. The molecule has 0 aliphatic heterocycles. The molecule has 176 valence electrons. The molecular weight excluding hydrogens is 444 g/mol. The van der Waals surface area contributed by atoms with E-state index in [0.717, 1.165) is 36.0 Å². The largest absolute Gasteiger partial charge is 0.352 e. The molecule has 1 aliphatic rings. The monoisotopic (exact) mass is 474 g/mol. The lowest BCUT2D eigenvalue weighted by Gasteiger charge is -2.13. The van der Waals surface area contributed by atoms with E-state index in [0.29, 0.717) is 17.8 Å². The minimum Gasteiger partial charge on any atom is -0.352 e. The first-order valence-electron chi connectivity index (χ1n) is 11.7. The second-order valence-corrected chi connectivity index (χ2v) is 10.3. The first-order chi connectivity index (χ1) is 16.4. The number of anilines is 1. The molecule has 0 radical (unpaired) electrons. The second-order valence-electron chi connectivity index (χ2n) is 8.64. The number of rotatable bonds is 8. The van der Waals surface area contributed by atoms with E-state index in [1.807, 2.05) is 43.3 Å². The highest BCUT2D eigenvalue weighted by molar-refractivity contribution is 7.92. The number of allylic oxidation sites excluding steroid dienone is 1. The molecular formula is C28H30N2O3S. The van der Waals surface area contributed by atoms with E-state index in [2.05, 4.69) is 16.1 Å². The van der Waals surface area contributed by atoms with Gasteiger partial charge >= 0.3 is 0 Å². The first-order valence-corrected chi connectivity index (χ1v) is 13.2. The molecule has 0 bridgehead atoms. The summed E-state index contributed by atoms with van der Waals surface area (Å²) in [6.07, 6.45) is 7.91. The van der Waals surface area contributed by atoms with Gasteiger partial charge in [0.05, 0.1) is 4.90 Å². The Morgan fingerprint density at radius 2 is 1.65 bits per heavy atom. The van der Waals surface area contributed by atoms with Crippen LogP contribution in [-0.2, 0) is 10.0 Å². The van der Waals surface area contributed by atoms with Gasteiger partial charge < -0.3 is 5.32 Å². The summed E-state index contributed by atoms with van der Waals surface area (Å²) in [6.45, 7) is 2.64. The number of hydrogen-bond donors (Lipinski definition) is 2. The normalized spacial score (nSPS) is 13.7. The molecule has 0 heterocycles. The van der Waals surface area contributed by atoms with Gasteiger partial charge in [0.25, 0.3) is 15.9 Å². The van der Waals surface area contributed by atoms with Crippen LogP contribution in [0, 0.1) is 6.92 Å². The van der Waals surface area contributed by atoms with Crippen molar-refractivity contribution in [3.63, 3.8) is 0 Å². The Morgan fingerprint density at radius 3 is 2.32 bits per heavy atom. The van der Waals surface area contributed by atoms with Crippen molar-refractivity contribution in [2.45, 2.75) is 43.9 Å². The van der Waals surface area contributed by atoms with E-state index in [-0.39, 0.29) is 10.8 Å². The van der Waals surface area contributed by atoms with Crippen LogP contribution in [0.5, 0.6) is 0 Å². The zero-order chi connectivity index (χ0) is 24.0. The van der Waals surface area contributed by atoms with Crippen molar-refractivity contribution in [2.75, 3.05) is 11.3 Å². The number of carbonyl (C=O) groups is 1. The molecule has 3 aromatic rings. The lowest BCUT2D eigenvalue weighted by Crippen LogP contribution is -2.24. The summed E-state index contributed by atoms with van der Waals surface area (Å²) in [5.41, 5.74) is 5.50. The predicted molar refractivity (Wildman–Crippen MR) is 137 cm³/mol. The molecule has 5 nitrogen and oxygen atoms in total. The molecule has 0 unspecified atom stereocenters. The Hall–Kier alpha value is -3.38. The molecule has 3 aromatic carbocycles. The van der Waals surface area contributed by atoms with E-state index in [1.165, 1.54) is 18.4 Å². The number of carbonyl (C=O) groups excluding carboxylic acids is 1. The molecule has 0 saturated heterocycles. The minimum atomic E-state index is -3.74. The fraction of sp³-hybridized carbons (Fsp3) is 0.250. The predicted octanol–water partition coefficient (Wildman–Crippen LogP) is 6.08. The summed E-state index contributed by atoms with van der Waals surface area (Å²) in [7, 11) is -3.74. The van der Waals surface area contributed by atoms with Gasteiger partial charge in [0.1, 0.15) is 0 Å². The zero-order valence-electron chi connectivity index (χ0n) is 19.4. The molecule has 4 rings (SSSR count). The van der Waals surface area contributed by atoms with Crippen molar-refractivity contribution in [2.24, 2.45) is 0 Å². The van der Waals surface area contributed by atoms with Gasteiger partial charge in [-0.05, 0) is 92.1 Å². The molecule has 0 aromatic heterocycles. The van der Waals surface area contributed by atoms with Crippen LogP contribution in [0.1, 0.15) is 48.0 Å². The van der Waals surface area contributed by atoms with Crippen molar-refractivity contribution in [3.05, 3.63) is 95.6 Å². The van der Waals surface area contributed by atoms with E-state index in [1.54, 1.807) is 36.4 Å².